The fraction of sp³-hybridized carbons (Fsp3) is 0.567. The number of pyridine rings is 1. The maximum Gasteiger partial charge on any atom is 0.241 e. The van der Waals surface area contributed by atoms with Gasteiger partial charge < -0.3 is 15.1 Å². The van der Waals surface area contributed by atoms with Crippen molar-refractivity contribution in [2.75, 3.05) is 57.8 Å². The lowest BCUT2D eigenvalue weighted by atomic mass is 9.88. The number of anilines is 1. The van der Waals surface area contributed by atoms with E-state index in [-0.39, 0.29) is 48.3 Å². The van der Waals surface area contributed by atoms with Crippen LogP contribution in [0.4, 0.5) is 14.5 Å². The summed E-state index contributed by atoms with van der Waals surface area (Å²) in [5.41, 5.74) is 2.47. The minimum Gasteiger partial charge on any atom is -0.338 e. The largest absolute Gasteiger partial charge is 0.338 e. The molecule has 2 fully saturated rings. The highest BCUT2D eigenvalue weighted by molar-refractivity contribution is 5.97. The maximum atomic E-state index is 14.3. The molecule has 40 heavy (non-hydrogen) atoms. The highest BCUT2D eigenvalue weighted by atomic mass is 19.1. The standard InChI is InChI=1S/C30H40F2N6O2/c1-19-13-36(24(11-33-19)15-37-14-20(2)35(5)16-28(37)39)17-29(40)38-18-30(3,4)25-12-34-23(10-27(25)38)8-21-6-7-22(31)9-26(21)32/h6-7,9-10,12,19-20,24,33H,8,11,13-18H2,1-5H3/t19-,20+,24-/m1/s1. The van der Waals surface area contributed by atoms with Crippen molar-refractivity contribution in [2.45, 2.75) is 57.7 Å². The molecule has 1 aromatic carbocycles. The van der Waals surface area contributed by atoms with Gasteiger partial charge in [-0.05, 0) is 38.6 Å². The molecule has 3 aliphatic rings. The summed E-state index contributed by atoms with van der Waals surface area (Å²) in [5, 5.41) is 3.52. The van der Waals surface area contributed by atoms with Crippen molar-refractivity contribution >= 4 is 17.5 Å². The van der Waals surface area contributed by atoms with E-state index in [9.17, 15) is 18.4 Å². The normalized spacial score (nSPS) is 25.4. The smallest absolute Gasteiger partial charge is 0.241 e. The molecule has 5 rings (SSSR count). The Hall–Kier alpha value is -2.95. The Balaban J connectivity index is 1.33. The molecule has 2 aromatic rings. The van der Waals surface area contributed by atoms with Gasteiger partial charge in [0, 0.05) is 86.2 Å². The van der Waals surface area contributed by atoms with E-state index in [2.05, 4.69) is 47.8 Å². The van der Waals surface area contributed by atoms with Crippen LogP contribution >= 0.6 is 0 Å². The van der Waals surface area contributed by atoms with E-state index >= 15 is 0 Å². The number of piperazine rings is 2. The first kappa shape index (κ1) is 28.6. The Morgan fingerprint density at radius 3 is 2.70 bits per heavy atom. The third-order valence-electron chi connectivity index (χ3n) is 8.67. The van der Waals surface area contributed by atoms with Crippen LogP contribution in [0.2, 0.25) is 0 Å². The van der Waals surface area contributed by atoms with Gasteiger partial charge in [-0.15, -0.1) is 0 Å². The van der Waals surface area contributed by atoms with E-state index < -0.39 is 11.6 Å². The fourth-order valence-electron chi connectivity index (χ4n) is 6.10. The van der Waals surface area contributed by atoms with Crippen molar-refractivity contribution in [1.29, 1.82) is 0 Å². The quantitative estimate of drug-likeness (QED) is 0.592. The lowest BCUT2D eigenvalue weighted by Crippen LogP contribution is -2.63. The molecule has 3 atom stereocenters. The molecule has 0 bridgehead atoms. The number of aromatic nitrogens is 1. The SMILES string of the molecule is C[C@@H]1CN(CC(=O)N2CC(C)(C)c3cnc(Cc4ccc(F)cc4F)cc32)[C@@H](CN2C[C@H](C)N(C)CC2=O)CN1. The van der Waals surface area contributed by atoms with Crippen molar-refractivity contribution in [3.63, 3.8) is 0 Å². The second kappa shape index (κ2) is 11.1. The highest BCUT2D eigenvalue weighted by Gasteiger charge is 2.40. The number of nitrogens with zero attached hydrogens (tertiary/aromatic N) is 5. The van der Waals surface area contributed by atoms with Gasteiger partial charge in [0.25, 0.3) is 0 Å². The summed E-state index contributed by atoms with van der Waals surface area (Å²) in [7, 11) is 1.97. The number of carbonyl (C=O) groups is 2. The van der Waals surface area contributed by atoms with Gasteiger partial charge in [-0.2, -0.15) is 0 Å². The van der Waals surface area contributed by atoms with Crippen LogP contribution in [0.15, 0.2) is 30.5 Å². The van der Waals surface area contributed by atoms with Crippen LogP contribution in [-0.2, 0) is 21.4 Å². The van der Waals surface area contributed by atoms with Crippen LogP contribution in [-0.4, -0.2) is 102 Å². The summed E-state index contributed by atoms with van der Waals surface area (Å²) in [6.45, 7) is 12.3. The van der Waals surface area contributed by atoms with E-state index in [1.54, 1.807) is 6.20 Å². The number of hydrogen-bond acceptors (Lipinski definition) is 6. The Morgan fingerprint density at radius 1 is 1.18 bits per heavy atom. The molecule has 4 heterocycles. The van der Waals surface area contributed by atoms with E-state index in [1.165, 1.54) is 12.1 Å². The number of rotatable bonds is 6. The molecular formula is C30H40F2N6O2. The Kier molecular flexibility index (Phi) is 7.96. The van der Waals surface area contributed by atoms with Crippen LogP contribution in [0.5, 0.6) is 0 Å². The molecule has 2 saturated heterocycles. The van der Waals surface area contributed by atoms with E-state index in [1.807, 2.05) is 22.9 Å². The van der Waals surface area contributed by atoms with Gasteiger partial charge in [0.2, 0.25) is 11.8 Å². The molecule has 2 amide bonds. The summed E-state index contributed by atoms with van der Waals surface area (Å²) in [5.74, 6) is -1.11. The minimum absolute atomic E-state index is 0.00545. The second-order valence-corrected chi connectivity index (χ2v) is 12.4. The van der Waals surface area contributed by atoms with E-state index in [4.69, 9.17) is 0 Å². The van der Waals surface area contributed by atoms with Gasteiger partial charge in [-0.1, -0.05) is 19.9 Å². The molecule has 0 unspecified atom stereocenters. The number of nitrogens with one attached hydrogen (secondary N) is 1. The maximum absolute atomic E-state index is 14.3. The average Bonchev–Trinajstić information content (AvgIpc) is 3.16. The lowest BCUT2D eigenvalue weighted by molar-refractivity contribution is -0.138. The number of halogens is 2. The van der Waals surface area contributed by atoms with Gasteiger partial charge in [0.1, 0.15) is 11.6 Å². The lowest BCUT2D eigenvalue weighted by Gasteiger charge is -2.44. The van der Waals surface area contributed by atoms with Crippen molar-refractivity contribution < 1.29 is 18.4 Å². The van der Waals surface area contributed by atoms with E-state index in [0.717, 1.165) is 17.3 Å². The Bertz CT molecular complexity index is 1290. The summed E-state index contributed by atoms with van der Waals surface area (Å²) >= 11 is 0. The van der Waals surface area contributed by atoms with Crippen LogP contribution in [0.3, 0.4) is 0 Å². The van der Waals surface area contributed by atoms with Crippen LogP contribution < -0.4 is 10.2 Å². The predicted octanol–water partition coefficient (Wildman–Crippen LogP) is 2.40. The third kappa shape index (κ3) is 5.89. The topological polar surface area (TPSA) is 72.0 Å². The molecule has 1 N–H and O–H groups in total. The highest BCUT2D eigenvalue weighted by Crippen LogP contribution is 2.40. The number of hydrogen-bond donors (Lipinski definition) is 1. The molecule has 8 nitrogen and oxygen atoms in total. The van der Waals surface area contributed by atoms with Gasteiger partial charge in [0.15, 0.2) is 0 Å². The number of carbonyl (C=O) groups excluding carboxylic acids is 2. The predicted molar refractivity (Wildman–Crippen MR) is 150 cm³/mol. The molecular weight excluding hydrogens is 514 g/mol. The molecule has 0 aliphatic carbocycles. The van der Waals surface area contributed by atoms with Crippen LogP contribution in [0, 0.1) is 11.6 Å². The molecule has 1 aromatic heterocycles. The van der Waals surface area contributed by atoms with Crippen LogP contribution in [0.25, 0.3) is 0 Å². The first-order valence-electron chi connectivity index (χ1n) is 14.1. The molecule has 0 saturated carbocycles. The second-order valence-electron chi connectivity index (χ2n) is 12.4. The summed E-state index contributed by atoms with van der Waals surface area (Å²) in [6, 6.07) is 5.98. The van der Waals surface area contributed by atoms with Gasteiger partial charge in [-0.3, -0.25) is 24.4 Å². The zero-order chi connectivity index (χ0) is 28.8. The van der Waals surface area contributed by atoms with Crippen molar-refractivity contribution in [1.82, 2.24) is 25.0 Å². The summed E-state index contributed by atoms with van der Waals surface area (Å²) in [4.78, 5) is 39.2. The zero-order valence-corrected chi connectivity index (χ0v) is 24.1. The average molecular weight is 555 g/mol. The first-order valence-corrected chi connectivity index (χ1v) is 14.1. The van der Waals surface area contributed by atoms with Gasteiger partial charge in [0.05, 0.1) is 18.8 Å². The summed E-state index contributed by atoms with van der Waals surface area (Å²) in [6.07, 6.45) is 1.99. The molecule has 0 spiro atoms. The number of likely N-dealkylation sites (N-methyl/N-ethyl adjacent to an activating group) is 1. The van der Waals surface area contributed by atoms with Crippen molar-refractivity contribution in [3.05, 3.63) is 58.9 Å². The van der Waals surface area contributed by atoms with Crippen molar-refractivity contribution in [3.8, 4) is 0 Å². The first-order chi connectivity index (χ1) is 18.9. The minimum atomic E-state index is -0.617. The molecule has 216 valence electrons. The van der Waals surface area contributed by atoms with Crippen LogP contribution in [0.1, 0.15) is 44.5 Å². The Labute approximate surface area is 235 Å². The monoisotopic (exact) mass is 554 g/mol. The number of fused-ring (bicyclic) bond motifs is 1. The number of amides is 2. The molecule has 0 radical (unpaired) electrons. The van der Waals surface area contributed by atoms with Gasteiger partial charge >= 0.3 is 0 Å². The fourth-order valence-corrected chi connectivity index (χ4v) is 6.10. The number of benzene rings is 1. The Morgan fingerprint density at radius 2 is 1.95 bits per heavy atom. The van der Waals surface area contributed by atoms with Crippen molar-refractivity contribution in [2.24, 2.45) is 0 Å². The van der Waals surface area contributed by atoms with E-state index in [0.29, 0.717) is 50.5 Å². The third-order valence-corrected chi connectivity index (χ3v) is 8.67. The zero-order valence-electron chi connectivity index (χ0n) is 24.1. The molecule has 10 heteroatoms. The van der Waals surface area contributed by atoms with Gasteiger partial charge in [-0.25, -0.2) is 8.78 Å². The molecule has 3 aliphatic heterocycles. The summed E-state index contributed by atoms with van der Waals surface area (Å²) < 4.78 is 27.7.